The van der Waals surface area contributed by atoms with Gasteiger partial charge in [0.2, 0.25) is 0 Å². The molecule has 2 N–H and O–H groups in total. The normalized spacial score (nSPS) is 15.2. The Morgan fingerprint density at radius 2 is 1.27 bits per heavy atom. The van der Waals surface area contributed by atoms with Crippen molar-refractivity contribution >= 4 is 17.7 Å². The van der Waals surface area contributed by atoms with E-state index in [4.69, 9.17) is 0 Å². The lowest BCUT2D eigenvalue weighted by Crippen LogP contribution is -2.50. The maximum atomic E-state index is 13.6. The second kappa shape index (κ2) is 12.3. The van der Waals surface area contributed by atoms with Crippen molar-refractivity contribution in [1.29, 1.82) is 0 Å². The number of aryl methyl sites for hydroxylation is 2. The van der Waals surface area contributed by atoms with Crippen LogP contribution in [0.4, 0.5) is 0 Å². The van der Waals surface area contributed by atoms with Gasteiger partial charge in [-0.05, 0) is 73.8 Å². The van der Waals surface area contributed by atoms with Crippen LogP contribution in [0.1, 0.15) is 118 Å². The molecule has 0 saturated heterocycles. The van der Waals surface area contributed by atoms with E-state index in [9.17, 15) is 24.6 Å². The van der Waals surface area contributed by atoms with E-state index in [0.717, 1.165) is 35.1 Å². The molecule has 3 atom stereocenters. The molecule has 0 bridgehead atoms. The van der Waals surface area contributed by atoms with E-state index >= 15 is 0 Å². The number of carboxylic acids is 1. The minimum absolute atomic E-state index is 0.0552. The zero-order chi connectivity index (χ0) is 30.8. The first-order valence-electron chi connectivity index (χ1n) is 14.4. The van der Waals surface area contributed by atoms with Gasteiger partial charge in [-0.1, -0.05) is 78.8 Å². The third kappa shape index (κ3) is 5.88. The van der Waals surface area contributed by atoms with E-state index < -0.39 is 28.9 Å². The van der Waals surface area contributed by atoms with E-state index in [2.05, 4.69) is 19.9 Å². The summed E-state index contributed by atoms with van der Waals surface area (Å²) in [5, 5.41) is 20.8. The highest BCUT2D eigenvalue weighted by atomic mass is 16.4. The number of aliphatic carboxylic acids is 1. The third-order valence-corrected chi connectivity index (χ3v) is 9.47. The van der Waals surface area contributed by atoms with E-state index in [1.165, 1.54) is 18.9 Å². The Balaban J connectivity index is 2.53. The summed E-state index contributed by atoms with van der Waals surface area (Å²) < 4.78 is 0. The van der Waals surface area contributed by atoms with Crippen LogP contribution in [-0.2, 0) is 10.2 Å². The molecular weight excluding hydrogens is 502 g/mol. The molecule has 0 radical (unpaired) electrons. The number of ketones is 1. The van der Waals surface area contributed by atoms with Crippen LogP contribution in [0.25, 0.3) is 0 Å². The molecular formula is C34H49NO5. The van der Waals surface area contributed by atoms with Crippen molar-refractivity contribution in [1.82, 2.24) is 4.90 Å². The molecule has 0 saturated carbocycles. The summed E-state index contributed by atoms with van der Waals surface area (Å²) in [6.07, 6.45) is 2.11. The number of aliphatic hydroxyl groups is 1. The minimum atomic E-state index is -1.13. The number of carbonyl (C=O) groups excluding carboxylic acids is 2. The van der Waals surface area contributed by atoms with Crippen molar-refractivity contribution in [2.45, 2.75) is 106 Å². The van der Waals surface area contributed by atoms with Crippen LogP contribution in [0.2, 0.25) is 0 Å². The summed E-state index contributed by atoms with van der Waals surface area (Å²) in [6.45, 7) is 19.3. The summed E-state index contributed by atoms with van der Waals surface area (Å²) >= 11 is 0. The van der Waals surface area contributed by atoms with Crippen molar-refractivity contribution in [3.05, 3.63) is 69.8 Å². The Kier molecular flexibility index (Phi) is 10.2. The lowest BCUT2D eigenvalue weighted by atomic mass is 9.65. The van der Waals surface area contributed by atoms with Crippen LogP contribution >= 0.6 is 0 Å². The van der Waals surface area contributed by atoms with E-state index in [0.29, 0.717) is 17.5 Å². The first-order chi connectivity index (χ1) is 18.4. The van der Waals surface area contributed by atoms with Crippen molar-refractivity contribution in [2.24, 2.45) is 11.3 Å². The van der Waals surface area contributed by atoms with Gasteiger partial charge in [-0.15, -0.1) is 0 Å². The summed E-state index contributed by atoms with van der Waals surface area (Å²) in [4.78, 5) is 39.3. The number of hydrogen-bond acceptors (Lipinski definition) is 4. The van der Waals surface area contributed by atoms with Gasteiger partial charge in [0, 0.05) is 29.5 Å². The number of hydrogen-bond donors (Lipinski definition) is 2. The average molecular weight is 552 g/mol. The van der Waals surface area contributed by atoms with Crippen molar-refractivity contribution in [3.63, 3.8) is 0 Å². The van der Waals surface area contributed by atoms with Gasteiger partial charge >= 0.3 is 5.97 Å². The number of Topliss-reactive ketones (excluding diaryl/α,β-unsaturated/α-hetero) is 1. The number of carboxylic acid groups (broad SMARTS) is 1. The number of nitrogens with zero attached hydrogens (tertiary/aromatic N) is 1. The largest absolute Gasteiger partial charge is 0.480 e. The van der Waals surface area contributed by atoms with E-state index in [1.807, 2.05) is 72.7 Å². The molecule has 2 aromatic carbocycles. The summed E-state index contributed by atoms with van der Waals surface area (Å²) in [5.41, 5.74) is 3.03. The second-order valence-corrected chi connectivity index (χ2v) is 12.4. The van der Waals surface area contributed by atoms with Crippen LogP contribution in [-0.4, -0.2) is 51.5 Å². The molecule has 2 aromatic rings. The molecule has 0 spiro atoms. The number of carbonyl (C=O) groups is 3. The fourth-order valence-corrected chi connectivity index (χ4v) is 6.14. The highest BCUT2D eigenvalue weighted by Crippen LogP contribution is 2.43. The van der Waals surface area contributed by atoms with Gasteiger partial charge in [-0.25, -0.2) is 4.79 Å². The summed E-state index contributed by atoms with van der Waals surface area (Å²) in [6, 6.07) is 10.9. The van der Waals surface area contributed by atoms with Gasteiger partial charge in [-0.3, -0.25) is 9.59 Å². The average Bonchev–Trinajstić information content (AvgIpc) is 2.91. The highest BCUT2D eigenvalue weighted by molar-refractivity contribution is 6.00. The Hall–Kier alpha value is -2.99. The van der Waals surface area contributed by atoms with Crippen LogP contribution in [0.15, 0.2) is 36.4 Å². The van der Waals surface area contributed by atoms with Gasteiger partial charge in [0.05, 0.1) is 5.60 Å². The fraction of sp³-hybridized carbons (Fsp3) is 0.559. The lowest BCUT2D eigenvalue weighted by molar-refractivity contribution is -0.141. The molecule has 0 aliphatic carbocycles. The molecule has 0 aliphatic rings. The van der Waals surface area contributed by atoms with Crippen LogP contribution in [0, 0.1) is 25.2 Å². The van der Waals surface area contributed by atoms with Gasteiger partial charge in [0.1, 0.15) is 6.04 Å². The maximum Gasteiger partial charge on any atom is 0.326 e. The Morgan fingerprint density at radius 1 is 0.825 bits per heavy atom. The molecule has 0 aromatic heterocycles. The van der Waals surface area contributed by atoms with Gasteiger partial charge < -0.3 is 15.1 Å². The minimum Gasteiger partial charge on any atom is -0.480 e. The van der Waals surface area contributed by atoms with Crippen molar-refractivity contribution in [2.75, 3.05) is 7.05 Å². The standard InChI is InChI=1S/C34H49NO5/c1-12-33(13-2,26-16-18-28(22(5)20-26)30(37)35(11)24(7)31(38)39)25-15-17-27(21(4)19-25)29(36)23(6)34(40,14-3)32(8,9)10/h15-20,23-24,40H,12-14H2,1-11H3,(H,38,39). The van der Waals surface area contributed by atoms with Crippen molar-refractivity contribution < 1.29 is 24.6 Å². The zero-order valence-electron chi connectivity index (χ0n) is 26.3. The molecule has 6 heteroatoms. The first kappa shape index (κ1) is 33.2. The van der Waals surface area contributed by atoms with Gasteiger partial charge in [0.15, 0.2) is 5.78 Å². The number of amides is 1. The molecule has 1 amide bonds. The Labute approximate surface area is 240 Å². The van der Waals surface area contributed by atoms with Gasteiger partial charge in [0.25, 0.3) is 5.91 Å². The molecule has 0 fully saturated rings. The number of rotatable bonds is 11. The molecule has 0 heterocycles. The first-order valence-corrected chi connectivity index (χ1v) is 14.4. The fourth-order valence-electron chi connectivity index (χ4n) is 6.14. The summed E-state index contributed by atoms with van der Waals surface area (Å²) in [7, 11) is 1.51. The van der Waals surface area contributed by atoms with Crippen LogP contribution in [0.3, 0.4) is 0 Å². The number of likely N-dealkylation sites (N-methyl/N-ethyl adjacent to an activating group) is 1. The predicted molar refractivity (Wildman–Crippen MR) is 161 cm³/mol. The highest BCUT2D eigenvalue weighted by Gasteiger charge is 2.46. The quantitative estimate of drug-likeness (QED) is 0.294. The Morgan fingerprint density at radius 3 is 1.62 bits per heavy atom. The molecule has 0 aliphatic heterocycles. The molecule has 2 rings (SSSR count). The molecule has 40 heavy (non-hydrogen) atoms. The molecule has 3 unspecified atom stereocenters. The Bertz CT molecular complexity index is 1250. The topological polar surface area (TPSA) is 94.9 Å². The summed E-state index contributed by atoms with van der Waals surface area (Å²) in [5.74, 6) is -1.99. The van der Waals surface area contributed by atoms with Crippen molar-refractivity contribution in [3.8, 4) is 0 Å². The maximum absolute atomic E-state index is 13.6. The number of benzene rings is 2. The van der Waals surface area contributed by atoms with Gasteiger partial charge in [-0.2, -0.15) is 0 Å². The smallest absolute Gasteiger partial charge is 0.326 e. The molecule has 220 valence electrons. The van der Waals surface area contributed by atoms with E-state index in [1.54, 1.807) is 6.07 Å². The van der Waals surface area contributed by atoms with Crippen LogP contribution in [0.5, 0.6) is 0 Å². The van der Waals surface area contributed by atoms with E-state index in [-0.39, 0.29) is 17.1 Å². The SMILES string of the molecule is CCC(CC)(c1ccc(C(=O)C(C)C(O)(CC)C(C)(C)C)c(C)c1)c1ccc(C(=O)N(C)C(C)C(=O)O)c(C)c1. The lowest BCUT2D eigenvalue weighted by Gasteiger charge is -2.43. The van der Waals surface area contributed by atoms with Crippen LogP contribution < -0.4 is 0 Å². The second-order valence-electron chi connectivity index (χ2n) is 12.4. The third-order valence-electron chi connectivity index (χ3n) is 9.47. The molecule has 6 nitrogen and oxygen atoms in total. The zero-order valence-corrected chi connectivity index (χ0v) is 26.3. The monoisotopic (exact) mass is 551 g/mol. The predicted octanol–water partition coefficient (Wildman–Crippen LogP) is 6.96.